The van der Waals surface area contributed by atoms with Crippen LogP contribution in [0.1, 0.15) is 51.4 Å². The van der Waals surface area contributed by atoms with Gasteiger partial charge in [-0.15, -0.1) is 0 Å². The highest BCUT2D eigenvalue weighted by Gasteiger charge is 2.38. The van der Waals surface area contributed by atoms with Crippen LogP contribution >= 0.6 is 11.8 Å². The number of ether oxygens (including phenoxy) is 1. The second-order valence-corrected chi connectivity index (χ2v) is 6.85. The summed E-state index contributed by atoms with van der Waals surface area (Å²) in [5.74, 6) is 1.18. The number of hydrogen-bond donors (Lipinski definition) is 1. The summed E-state index contributed by atoms with van der Waals surface area (Å²) in [6.07, 6.45) is 10.4. The number of thioether (sulfide) groups is 1. The molecule has 0 atom stereocenters. The van der Waals surface area contributed by atoms with Gasteiger partial charge in [-0.3, -0.25) is 4.99 Å². The predicted octanol–water partition coefficient (Wildman–Crippen LogP) is 2.95. The molecule has 2 heterocycles. The van der Waals surface area contributed by atoms with Crippen molar-refractivity contribution in [1.82, 2.24) is 5.32 Å². The molecule has 0 aromatic rings. The molecule has 18 heavy (non-hydrogen) atoms. The van der Waals surface area contributed by atoms with Crippen molar-refractivity contribution in [2.75, 3.05) is 19.0 Å². The van der Waals surface area contributed by atoms with Gasteiger partial charge >= 0.3 is 0 Å². The van der Waals surface area contributed by atoms with E-state index in [2.05, 4.69) is 5.32 Å². The highest BCUT2D eigenvalue weighted by molar-refractivity contribution is 8.14. The SMILES string of the molecule is C1CCCC(N=C2NC3(CCOCC3)CS2)CC1. The number of amidine groups is 1. The van der Waals surface area contributed by atoms with E-state index >= 15 is 0 Å². The summed E-state index contributed by atoms with van der Waals surface area (Å²) in [5, 5.41) is 4.92. The van der Waals surface area contributed by atoms with Crippen LogP contribution in [0.5, 0.6) is 0 Å². The van der Waals surface area contributed by atoms with Crippen molar-refractivity contribution < 1.29 is 4.74 Å². The first-order chi connectivity index (χ1) is 8.86. The number of nitrogens with one attached hydrogen (secondary N) is 1. The van der Waals surface area contributed by atoms with E-state index in [0.29, 0.717) is 11.6 Å². The Kier molecular flexibility index (Phi) is 4.14. The van der Waals surface area contributed by atoms with Gasteiger partial charge in [-0.05, 0) is 25.7 Å². The maximum Gasteiger partial charge on any atom is 0.157 e. The van der Waals surface area contributed by atoms with Gasteiger partial charge in [0.1, 0.15) is 0 Å². The molecule has 1 N–H and O–H groups in total. The minimum absolute atomic E-state index is 0.298. The lowest BCUT2D eigenvalue weighted by atomic mass is 9.93. The van der Waals surface area contributed by atoms with Gasteiger partial charge in [-0.25, -0.2) is 0 Å². The first-order valence-electron chi connectivity index (χ1n) is 7.43. The first kappa shape index (κ1) is 12.8. The topological polar surface area (TPSA) is 33.6 Å². The molecular formula is C14H24N2OS. The molecule has 1 aliphatic carbocycles. The van der Waals surface area contributed by atoms with E-state index in [0.717, 1.165) is 26.1 Å². The Morgan fingerprint density at radius 1 is 1.11 bits per heavy atom. The lowest BCUT2D eigenvalue weighted by Gasteiger charge is -2.32. The Balaban J connectivity index is 1.59. The molecule has 3 aliphatic rings. The number of rotatable bonds is 1. The van der Waals surface area contributed by atoms with E-state index in [1.807, 2.05) is 11.8 Å². The maximum atomic E-state index is 5.47. The van der Waals surface area contributed by atoms with Crippen LogP contribution in [0, 0.1) is 0 Å². The summed E-state index contributed by atoms with van der Waals surface area (Å²) in [5.41, 5.74) is 0.298. The van der Waals surface area contributed by atoms with Crippen molar-refractivity contribution in [1.29, 1.82) is 0 Å². The Morgan fingerprint density at radius 2 is 1.83 bits per heavy atom. The fourth-order valence-electron chi connectivity index (χ4n) is 3.16. The molecule has 4 heteroatoms. The minimum Gasteiger partial charge on any atom is -0.381 e. The molecule has 0 bridgehead atoms. The van der Waals surface area contributed by atoms with Crippen molar-refractivity contribution in [3.63, 3.8) is 0 Å². The minimum atomic E-state index is 0.298. The molecular weight excluding hydrogens is 244 g/mol. The number of nitrogens with zero attached hydrogens (tertiary/aromatic N) is 1. The second-order valence-electron chi connectivity index (χ2n) is 5.89. The summed E-state index contributed by atoms with van der Waals surface area (Å²) in [4.78, 5) is 4.97. The van der Waals surface area contributed by atoms with E-state index in [1.54, 1.807) is 0 Å². The molecule has 102 valence electrons. The zero-order valence-corrected chi connectivity index (χ0v) is 11.9. The van der Waals surface area contributed by atoms with Crippen molar-refractivity contribution in [3.8, 4) is 0 Å². The summed E-state index contributed by atoms with van der Waals surface area (Å²) in [6.45, 7) is 1.81. The fourth-order valence-corrected chi connectivity index (χ4v) is 4.45. The second kappa shape index (κ2) is 5.83. The predicted molar refractivity (Wildman–Crippen MR) is 77.3 cm³/mol. The van der Waals surface area contributed by atoms with Gasteiger partial charge in [0.15, 0.2) is 5.17 Å². The molecule has 0 amide bonds. The van der Waals surface area contributed by atoms with E-state index in [-0.39, 0.29) is 0 Å². The molecule has 3 fully saturated rings. The van der Waals surface area contributed by atoms with Crippen LogP contribution in [-0.4, -0.2) is 35.7 Å². The largest absolute Gasteiger partial charge is 0.381 e. The zero-order valence-electron chi connectivity index (χ0n) is 11.1. The van der Waals surface area contributed by atoms with E-state index in [4.69, 9.17) is 9.73 Å². The Morgan fingerprint density at radius 3 is 2.56 bits per heavy atom. The summed E-state index contributed by atoms with van der Waals surface area (Å²) in [7, 11) is 0. The van der Waals surface area contributed by atoms with Gasteiger partial charge in [-0.2, -0.15) is 0 Å². The Hall–Kier alpha value is -0.220. The molecule has 2 aliphatic heterocycles. The molecule has 2 saturated heterocycles. The van der Waals surface area contributed by atoms with Crippen molar-refractivity contribution in [2.45, 2.75) is 62.9 Å². The molecule has 1 saturated carbocycles. The summed E-state index contributed by atoms with van der Waals surface area (Å²) >= 11 is 1.93. The van der Waals surface area contributed by atoms with Gasteiger partial charge in [0.05, 0.1) is 11.6 Å². The van der Waals surface area contributed by atoms with Gasteiger partial charge in [0.2, 0.25) is 0 Å². The van der Waals surface area contributed by atoms with Gasteiger partial charge in [0.25, 0.3) is 0 Å². The Labute approximate surface area is 114 Å². The molecule has 3 nitrogen and oxygen atoms in total. The smallest absolute Gasteiger partial charge is 0.157 e. The van der Waals surface area contributed by atoms with Crippen LogP contribution in [0.4, 0.5) is 0 Å². The molecule has 0 unspecified atom stereocenters. The summed E-state index contributed by atoms with van der Waals surface area (Å²) in [6, 6.07) is 0.581. The summed E-state index contributed by atoms with van der Waals surface area (Å²) < 4.78 is 5.47. The van der Waals surface area contributed by atoms with Gasteiger partial charge in [0, 0.05) is 19.0 Å². The quantitative estimate of drug-likeness (QED) is 0.742. The van der Waals surface area contributed by atoms with Crippen LogP contribution in [0.2, 0.25) is 0 Å². The highest BCUT2D eigenvalue weighted by atomic mass is 32.2. The van der Waals surface area contributed by atoms with Crippen LogP contribution in [0.25, 0.3) is 0 Å². The van der Waals surface area contributed by atoms with Crippen molar-refractivity contribution in [2.24, 2.45) is 4.99 Å². The average molecular weight is 268 g/mol. The fraction of sp³-hybridized carbons (Fsp3) is 0.929. The van der Waals surface area contributed by atoms with E-state index in [1.165, 1.54) is 49.4 Å². The average Bonchev–Trinajstić information content (AvgIpc) is 2.62. The maximum absolute atomic E-state index is 5.47. The van der Waals surface area contributed by atoms with Crippen LogP contribution < -0.4 is 5.32 Å². The van der Waals surface area contributed by atoms with E-state index in [9.17, 15) is 0 Å². The van der Waals surface area contributed by atoms with Crippen molar-refractivity contribution >= 4 is 16.9 Å². The van der Waals surface area contributed by atoms with Crippen LogP contribution in [-0.2, 0) is 4.74 Å². The standard InChI is InChI=1S/C14H24N2OS/c1-2-4-6-12(5-3-1)15-13-16-14(11-18-13)7-9-17-10-8-14/h12H,1-11H2,(H,15,16). The normalized spacial score (nSPS) is 31.4. The molecule has 0 radical (unpaired) electrons. The number of hydrogen-bond acceptors (Lipinski definition) is 3. The van der Waals surface area contributed by atoms with Gasteiger partial charge < -0.3 is 10.1 Å². The lowest BCUT2D eigenvalue weighted by Crippen LogP contribution is -2.48. The molecule has 0 aromatic carbocycles. The Bertz CT molecular complexity index is 305. The number of aliphatic imine (C=N–C) groups is 1. The highest BCUT2D eigenvalue weighted by Crippen LogP contribution is 2.32. The third-order valence-corrected chi connectivity index (χ3v) is 5.61. The monoisotopic (exact) mass is 268 g/mol. The molecule has 3 rings (SSSR count). The lowest BCUT2D eigenvalue weighted by molar-refractivity contribution is 0.0555. The van der Waals surface area contributed by atoms with E-state index < -0.39 is 0 Å². The first-order valence-corrected chi connectivity index (χ1v) is 8.41. The van der Waals surface area contributed by atoms with Crippen molar-refractivity contribution in [3.05, 3.63) is 0 Å². The van der Waals surface area contributed by atoms with Gasteiger partial charge in [-0.1, -0.05) is 37.4 Å². The zero-order chi connectivity index (χ0) is 12.3. The van der Waals surface area contributed by atoms with Crippen LogP contribution in [0.3, 0.4) is 0 Å². The third-order valence-electron chi connectivity index (χ3n) is 4.43. The molecule has 1 spiro atoms. The molecule has 0 aromatic heterocycles. The third kappa shape index (κ3) is 3.02. The van der Waals surface area contributed by atoms with Crippen LogP contribution in [0.15, 0.2) is 4.99 Å².